The Labute approximate surface area is 99.5 Å². The summed E-state index contributed by atoms with van der Waals surface area (Å²) in [6.45, 7) is 6.77. The highest BCUT2D eigenvalue weighted by Crippen LogP contribution is 2.10. The van der Waals surface area contributed by atoms with E-state index >= 15 is 0 Å². The third-order valence-corrected chi connectivity index (χ3v) is 3.77. The van der Waals surface area contributed by atoms with Crippen molar-refractivity contribution >= 4 is 0 Å². The van der Waals surface area contributed by atoms with Gasteiger partial charge >= 0.3 is 0 Å². The fourth-order valence-corrected chi connectivity index (χ4v) is 2.70. The van der Waals surface area contributed by atoms with Crippen LogP contribution in [0, 0.1) is 0 Å². The first-order valence-electron chi connectivity index (χ1n) is 6.98. The Morgan fingerprint density at radius 2 is 1.94 bits per heavy atom. The Kier molecular flexibility index (Phi) is 5.59. The van der Waals surface area contributed by atoms with Gasteiger partial charge in [-0.1, -0.05) is 6.42 Å². The van der Waals surface area contributed by atoms with Gasteiger partial charge < -0.3 is 15.0 Å². The first-order valence-corrected chi connectivity index (χ1v) is 6.98. The lowest BCUT2D eigenvalue weighted by molar-refractivity contribution is 0.101. The molecule has 1 atom stereocenters. The topological polar surface area (TPSA) is 24.5 Å². The number of nitrogens with zero attached hydrogens (tertiary/aromatic N) is 1. The summed E-state index contributed by atoms with van der Waals surface area (Å²) in [6, 6.07) is 0.723. The van der Waals surface area contributed by atoms with Crippen LogP contribution < -0.4 is 5.32 Å². The van der Waals surface area contributed by atoms with Gasteiger partial charge in [0, 0.05) is 19.2 Å². The molecular weight excluding hydrogens is 200 g/mol. The molecule has 0 saturated carbocycles. The van der Waals surface area contributed by atoms with Crippen molar-refractivity contribution in [2.75, 3.05) is 39.4 Å². The molecule has 0 aromatic carbocycles. The van der Waals surface area contributed by atoms with Gasteiger partial charge in [-0.25, -0.2) is 0 Å². The predicted molar refractivity (Wildman–Crippen MR) is 66.8 cm³/mol. The van der Waals surface area contributed by atoms with Crippen LogP contribution in [0.2, 0.25) is 0 Å². The molecule has 2 rings (SSSR count). The first kappa shape index (κ1) is 12.3. The molecule has 2 aliphatic heterocycles. The quantitative estimate of drug-likeness (QED) is 0.697. The molecule has 2 heterocycles. The van der Waals surface area contributed by atoms with Gasteiger partial charge in [0.15, 0.2) is 0 Å². The molecule has 0 radical (unpaired) electrons. The molecule has 2 aliphatic rings. The van der Waals surface area contributed by atoms with Crippen LogP contribution in [0.3, 0.4) is 0 Å². The number of rotatable bonds is 6. The zero-order chi connectivity index (χ0) is 11.1. The summed E-state index contributed by atoms with van der Waals surface area (Å²) in [6.07, 6.45) is 8.05. The highest BCUT2D eigenvalue weighted by atomic mass is 16.5. The number of hydrogen-bond acceptors (Lipinski definition) is 3. The van der Waals surface area contributed by atoms with Crippen LogP contribution in [0.1, 0.15) is 38.5 Å². The third-order valence-electron chi connectivity index (χ3n) is 3.77. The zero-order valence-electron chi connectivity index (χ0n) is 10.4. The molecule has 1 unspecified atom stereocenters. The van der Waals surface area contributed by atoms with Gasteiger partial charge in [-0.3, -0.25) is 0 Å². The monoisotopic (exact) mass is 226 g/mol. The summed E-state index contributed by atoms with van der Waals surface area (Å²) in [5.74, 6) is 0. The van der Waals surface area contributed by atoms with E-state index in [9.17, 15) is 0 Å². The average Bonchev–Trinajstić information content (AvgIpc) is 2.83. The second-order valence-corrected chi connectivity index (χ2v) is 5.10. The maximum absolute atomic E-state index is 5.72. The summed E-state index contributed by atoms with van der Waals surface area (Å²) >= 11 is 0. The van der Waals surface area contributed by atoms with E-state index in [4.69, 9.17) is 4.74 Å². The van der Waals surface area contributed by atoms with E-state index in [1.165, 1.54) is 58.2 Å². The van der Waals surface area contributed by atoms with Crippen LogP contribution in [0.15, 0.2) is 0 Å². The Hall–Kier alpha value is -0.120. The van der Waals surface area contributed by atoms with E-state index in [0.717, 1.165) is 25.8 Å². The summed E-state index contributed by atoms with van der Waals surface area (Å²) in [4.78, 5) is 2.51. The minimum absolute atomic E-state index is 0.723. The Bertz CT molecular complexity index is 175. The van der Waals surface area contributed by atoms with Crippen LogP contribution >= 0.6 is 0 Å². The molecule has 2 fully saturated rings. The highest BCUT2D eigenvalue weighted by molar-refractivity contribution is 4.71. The van der Waals surface area contributed by atoms with E-state index in [1.807, 2.05) is 0 Å². The molecule has 2 saturated heterocycles. The first-order chi connectivity index (χ1) is 7.95. The lowest BCUT2D eigenvalue weighted by Crippen LogP contribution is -2.35. The van der Waals surface area contributed by atoms with Gasteiger partial charge in [0.1, 0.15) is 0 Å². The Morgan fingerprint density at radius 3 is 2.69 bits per heavy atom. The van der Waals surface area contributed by atoms with Gasteiger partial charge in [0.25, 0.3) is 0 Å². The lowest BCUT2D eigenvalue weighted by Gasteiger charge is -2.23. The van der Waals surface area contributed by atoms with E-state index in [1.54, 1.807) is 0 Å². The van der Waals surface area contributed by atoms with Gasteiger partial charge in [0.05, 0.1) is 6.61 Å². The maximum Gasteiger partial charge on any atom is 0.0593 e. The highest BCUT2D eigenvalue weighted by Gasteiger charge is 2.12. The standard InChI is InChI=1S/C13H26N2O/c1-2-7-14-13(5-1)6-11-16-12-10-15-8-3-4-9-15/h13-14H,1-12H2. The molecule has 94 valence electrons. The van der Waals surface area contributed by atoms with Gasteiger partial charge in [-0.15, -0.1) is 0 Å². The largest absolute Gasteiger partial charge is 0.380 e. The molecule has 0 aromatic rings. The van der Waals surface area contributed by atoms with Gasteiger partial charge in [-0.2, -0.15) is 0 Å². The number of hydrogen-bond donors (Lipinski definition) is 1. The van der Waals surface area contributed by atoms with Crippen molar-refractivity contribution in [3.63, 3.8) is 0 Å². The van der Waals surface area contributed by atoms with Crippen molar-refractivity contribution < 1.29 is 4.74 Å². The fraction of sp³-hybridized carbons (Fsp3) is 1.00. The summed E-state index contributed by atoms with van der Waals surface area (Å²) < 4.78 is 5.72. The molecule has 0 aromatic heterocycles. The molecule has 0 spiro atoms. The number of likely N-dealkylation sites (tertiary alicyclic amines) is 1. The smallest absolute Gasteiger partial charge is 0.0593 e. The average molecular weight is 226 g/mol. The van der Waals surface area contributed by atoms with Crippen molar-refractivity contribution in [1.29, 1.82) is 0 Å². The van der Waals surface area contributed by atoms with Crippen molar-refractivity contribution in [3.05, 3.63) is 0 Å². The summed E-state index contributed by atoms with van der Waals surface area (Å²) in [5, 5.41) is 3.56. The van der Waals surface area contributed by atoms with Crippen LogP contribution in [-0.2, 0) is 4.74 Å². The molecule has 3 heteroatoms. The maximum atomic E-state index is 5.72. The molecule has 0 amide bonds. The molecule has 16 heavy (non-hydrogen) atoms. The van der Waals surface area contributed by atoms with Crippen molar-refractivity contribution in [3.8, 4) is 0 Å². The Morgan fingerprint density at radius 1 is 1.06 bits per heavy atom. The van der Waals surface area contributed by atoms with Crippen LogP contribution in [0.4, 0.5) is 0 Å². The van der Waals surface area contributed by atoms with Crippen LogP contribution in [-0.4, -0.2) is 50.3 Å². The second-order valence-electron chi connectivity index (χ2n) is 5.10. The lowest BCUT2D eigenvalue weighted by atomic mass is 10.0. The minimum atomic E-state index is 0.723. The Balaban J connectivity index is 1.42. The number of nitrogens with one attached hydrogen (secondary N) is 1. The van der Waals surface area contributed by atoms with Crippen molar-refractivity contribution in [2.45, 2.75) is 44.6 Å². The van der Waals surface area contributed by atoms with E-state index in [0.29, 0.717) is 0 Å². The van der Waals surface area contributed by atoms with Crippen LogP contribution in [0.5, 0.6) is 0 Å². The summed E-state index contributed by atoms with van der Waals surface area (Å²) in [5.41, 5.74) is 0. The molecule has 1 N–H and O–H groups in total. The molecule has 0 bridgehead atoms. The fourth-order valence-electron chi connectivity index (χ4n) is 2.70. The van der Waals surface area contributed by atoms with Crippen molar-refractivity contribution in [1.82, 2.24) is 10.2 Å². The van der Waals surface area contributed by atoms with Crippen LogP contribution in [0.25, 0.3) is 0 Å². The SMILES string of the molecule is C1CCC(CCOCCN2CCCC2)NC1. The minimum Gasteiger partial charge on any atom is -0.380 e. The van der Waals surface area contributed by atoms with Gasteiger partial charge in [-0.05, 0) is 51.7 Å². The molecular formula is C13H26N2O. The van der Waals surface area contributed by atoms with E-state index < -0.39 is 0 Å². The molecule has 0 aliphatic carbocycles. The van der Waals surface area contributed by atoms with Gasteiger partial charge in [0.2, 0.25) is 0 Å². The van der Waals surface area contributed by atoms with E-state index in [2.05, 4.69) is 10.2 Å². The zero-order valence-corrected chi connectivity index (χ0v) is 10.4. The number of piperidine rings is 1. The van der Waals surface area contributed by atoms with E-state index in [-0.39, 0.29) is 0 Å². The summed E-state index contributed by atoms with van der Waals surface area (Å²) in [7, 11) is 0. The molecule has 3 nitrogen and oxygen atoms in total. The number of ether oxygens (including phenoxy) is 1. The second kappa shape index (κ2) is 7.25. The normalized spacial score (nSPS) is 27.4. The predicted octanol–water partition coefficient (Wildman–Crippen LogP) is 1.63. The van der Waals surface area contributed by atoms with Crippen molar-refractivity contribution in [2.24, 2.45) is 0 Å². The third kappa shape index (κ3) is 4.40.